The van der Waals surface area contributed by atoms with Crippen molar-refractivity contribution in [3.8, 4) is 6.07 Å². The Kier molecular flexibility index (Phi) is 3.52. The predicted octanol–water partition coefficient (Wildman–Crippen LogP) is 3.57. The van der Waals surface area contributed by atoms with Crippen molar-refractivity contribution in [1.82, 2.24) is 0 Å². The molecule has 1 aliphatic rings. The number of alkyl halides is 3. The Bertz CT molecular complexity index is 553. The van der Waals surface area contributed by atoms with Crippen molar-refractivity contribution in [1.29, 1.82) is 5.26 Å². The van der Waals surface area contributed by atoms with E-state index < -0.39 is 11.7 Å². The molecule has 1 aromatic carbocycles. The molecule has 0 amide bonds. The van der Waals surface area contributed by atoms with Gasteiger partial charge in [0, 0.05) is 18.7 Å². The molecule has 2 nitrogen and oxygen atoms in total. The maximum atomic E-state index is 12.5. The number of benzene rings is 1. The van der Waals surface area contributed by atoms with Crippen molar-refractivity contribution in [2.24, 2.45) is 0 Å². The quantitative estimate of drug-likeness (QED) is 0.727. The molecule has 0 spiro atoms. The molecule has 0 aromatic heterocycles. The zero-order valence-corrected chi connectivity index (χ0v) is 10.5. The minimum Gasteiger partial charge on any atom is -0.366 e. The molecule has 0 aliphatic carbocycles. The van der Waals surface area contributed by atoms with Crippen molar-refractivity contribution in [3.05, 3.63) is 41.0 Å². The minimum atomic E-state index is -4.24. The molecular weight excluding hydrogens is 253 g/mol. The largest absolute Gasteiger partial charge is 0.412 e. The van der Waals surface area contributed by atoms with Gasteiger partial charge < -0.3 is 4.90 Å². The molecule has 0 saturated carbocycles. The van der Waals surface area contributed by atoms with E-state index in [1.165, 1.54) is 6.08 Å². The first-order chi connectivity index (χ1) is 8.91. The Morgan fingerprint density at radius 2 is 2.05 bits per heavy atom. The number of aryl methyl sites for hydroxylation is 1. The second-order valence-electron chi connectivity index (χ2n) is 4.56. The lowest BCUT2D eigenvalue weighted by Gasteiger charge is -2.29. The molecule has 1 heterocycles. The predicted molar refractivity (Wildman–Crippen MR) is 66.9 cm³/mol. The van der Waals surface area contributed by atoms with Gasteiger partial charge in [-0.3, -0.25) is 0 Å². The minimum absolute atomic E-state index is 0.0394. The first kappa shape index (κ1) is 13.5. The lowest BCUT2D eigenvalue weighted by molar-refractivity contribution is -0.0943. The van der Waals surface area contributed by atoms with Crippen LogP contribution in [0.25, 0.3) is 0 Å². The molecule has 0 bridgehead atoms. The number of halogens is 3. The van der Waals surface area contributed by atoms with Crippen LogP contribution in [0.1, 0.15) is 17.5 Å². The summed E-state index contributed by atoms with van der Waals surface area (Å²) in [5, 5.41) is 9.08. The van der Waals surface area contributed by atoms with Gasteiger partial charge in [0.05, 0.1) is 11.3 Å². The molecule has 0 radical (unpaired) electrons. The molecule has 0 atom stereocenters. The van der Waals surface area contributed by atoms with Gasteiger partial charge in [0.15, 0.2) is 0 Å². The van der Waals surface area contributed by atoms with Crippen LogP contribution >= 0.6 is 0 Å². The van der Waals surface area contributed by atoms with Gasteiger partial charge in [0.2, 0.25) is 0 Å². The van der Waals surface area contributed by atoms with Crippen LogP contribution in [0.5, 0.6) is 0 Å². The fourth-order valence-electron chi connectivity index (χ4n) is 2.16. The van der Waals surface area contributed by atoms with E-state index >= 15 is 0 Å². The fraction of sp³-hybridized carbons (Fsp3) is 0.357. The van der Waals surface area contributed by atoms with Gasteiger partial charge in [0.25, 0.3) is 0 Å². The number of anilines is 1. The molecule has 0 fully saturated rings. The summed E-state index contributed by atoms with van der Waals surface area (Å²) in [5.41, 5.74) is 1.69. The Morgan fingerprint density at radius 3 is 2.58 bits per heavy atom. The normalized spacial score (nSPS) is 15.9. The van der Waals surface area contributed by atoms with E-state index in [1.807, 2.05) is 13.0 Å². The van der Waals surface area contributed by atoms with Crippen molar-refractivity contribution < 1.29 is 13.2 Å². The third kappa shape index (κ3) is 2.90. The van der Waals surface area contributed by atoms with Gasteiger partial charge in [-0.05, 0) is 31.0 Å². The van der Waals surface area contributed by atoms with Crippen LogP contribution < -0.4 is 4.90 Å². The summed E-state index contributed by atoms with van der Waals surface area (Å²) >= 11 is 0. The van der Waals surface area contributed by atoms with Gasteiger partial charge in [-0.2, -0.15) is 18.4 Å². The van der Waals surface area contributed by atoms with E-state index in [1.54, 1.807) is 17.0 Å². The van der Waals surface area contributed by atoms with Crippen LogP contribution in [-0.4, -0.2) is 19.3 Å². The summed E-state index contributed by atoms with van der Waals surface area (Å²) < 4.78 is 37.6. The van der Waals surface area contributed by atoms with E-state index in [-0.39, 0.29) is 19.5 Å². The highest BCUT2D eigenvalue weighted by Crippen LogP contribution is 2.32. The lowest BCUT2D eigenvalue weighted by atomic mass is 10.0. The van der Waals surface area contributed by atoms with Crippen LogP contribution in [0.2, 0.25) is 0 Å². The number of hydrogen-bond acceptors (Lipinski definition) is 2. The molecule has 100 valence electrons. The lowest BCUT2D eigenvalue weighted by Crippen LogP contribution is -2.32. The number of hydrogen-bond donors (Lipinski definition) is 0. The average Bonchev–Trinajstić information content (AvgIpc) is 2.37. The number of rotatable bonds is 1. The third-order valence-corrected chi connectivity index (χ3v) is 3.19. The molecular formula is C14H13F3N2. The Hall–Kier alpha value is -1.96. The molecule has 0 N–H and O–H groups in total. The topological polar surface area (TPSA) is 27.0 Å². The molecule has 19 heavy (non-hydrogen) atoms. The molecule has 0 saturated heterocycles. The van der Waals surface area contributed by atoms with Crippen molar-refractivity contribution in [3.63, 3.8) is 0 Å². The van der Waals surface area contributed by atoms with E-state index in [0.717, 1.165) is 5.56 Å². The second-order valence-corrected chi connectivity index (χ2v) is 4.56. The van der Waals surface area contributed by atoms with Crippen molar-refractivity contribution in [2.75, 3.05) is 18.0 Å². The van der Waals surface area contributed by atoms with Crippen LogP contribution in [0.3, 0.4) is 0 Å². The van der Waals surface area contributed by atoms with Crippen LogP contribution in [-0.2, 0) is 0 Å². The van der Waals surface area contributed by atoms with Crippen LogP contribution in [0.15, 0.2) is 29.8 Å². The first-order valence-electron chi connectivity index (χ1n) is 5.94. The maximum absolute atomic E-state index is 12.5. The molecule has 5 heteroatoms. The molecule has 1 aliphatic heterocycles. The molecule has 0 unspecified atom stereocenters. The smallest absolute Gasteiger partial charge is 0.366 e. The summed E-state index contributed by atoms with van der Waals surface area (Å²) in [7, 11) is 0. The molecule has 2 rings (SSSR count). The van der Waals surface area contributed by atoms with Gasteiger partial charge in [-0.15, -0.1) is 0 Å². The third-order valence-electron chi connectivity index (χ3n) is 3.19. The summed E-state index contributed by atoms with van der Waals surface area (Å²) in [5.74, 6) is 0. The Morgan fingerprint density at radius 1 is 1.32 bits per heavy atom. The summed E-state index contributed by atoms with van der Waals surface area (Å²) in [6.45, 7) is 2.35. The monoisotopic (exact) mass is 266 g/mol. The number of nitriles is 1. The maximum Gasteiger partial charge on any atom is 0.412 e. The van der Waals surface area contributed by atoms with E-state index in [9.17, 15) is 13.2 Å². The van der Waals surface area contributed by atoms with Gasteiger partial charge in [-0.25, -0.2) is 0 Å². The van der Waals surface area contributed by atoms with Crippen molar-refractivity contribution >= 4 is 5.69 Å². The summed E-state index contributed by atoms with van der Waals surface area (Å²) in [6, 6.07) is 7.49. The first-order valence-corrected chi connectivity index (χ1v) is 5.94. The zero-order chi connectivity index (χ0) is 14.0. The summed E-state index contributed by atoms with van der Waals surface area (Å²) in [6.07, 6.45) is -3.08. The standard InChI is InChI=1S/C14H13F3N2/c1-10-2-3-13(11(8-10)9-18)19-6-4-12(5-7-19)14(15,16)17/h2-4,8H,5-7H2,1H3. The second kappa shape index (κ2) is 4.96. The Labute approximate surface area is 109 Å². The van der Waals surface area contributed by atoms with Gasteiger partial charge in [-0.1, -0.05) is 12.1 Å². The zero-order valence-electron chi connectivity index (χ0n) is 10.5. The summed E-state index contributed by atoms with van der Waals surface area (Å²) in [4.78, 5) is 1.80. The highest BCUT2D eigenvalue weighted by Gasteiger charge is 2.34. The Balaban J connectivity index is 2.23. The highest BCUT2D eigenvalue weighted by molar-refractivity contribution is 5.61. The average molecular weight is 266 g/mol. The SMILES string of the molecule is Cc1ccc(N2CC=C(C(F)(F)F)CC2)c(C#N)c1. The highest BCUT2D eigenvalue weighted by atomic mass is 19.4. The van der Waals surface area contributed by atoms with Gasteiger partial charge >= 0.3 is 6.18 Å². The van der Waals surface area contributed by atoms with E-state index in [4.69, 9.17) is 5.26 Å². The van der Waals surface area contributed by atoms with Crippen LogP contribution in [0, 0.1) is 18.3 Å². The van der Waals surface area contributed by atoms with E-state index in [0.29, 0.717) is 11.3 Å². The van der Waals surface area contributed by atoms with E-state index in [2.05, 4.69) is 6.07 Å². The molecule has 1 aromatic rings. The van der Waals surface area contributed by atoms with Crippen molar-refractivity contribution in [2.45, 2.75) is 19.5 Å². The van der Waals surface area contributed by atoms with Gasteiger partial charge in [0.1, 0.15) is 6.07 Å². The van der Waals surface area contributed by atoms with Crippen LogP contribution in [0.4, 0.5) is 18.9 Å². The number of nitrogens with zero attached hydrogens (tertiary/aromatic N) is 2. The fourth-order valence-corrected chi connectivity index (χ4v) is 2.16.